The third-order valence-electron chi connectivity index (χ3n) is 2.61. The fourth-order valence-corrected chi connectivity index (χ4v) is 2.40. The van der Waals surface area contributed by atoms with E-state index in [4.69, 9.17) is 0 Å². The maximum atomic E-state index is 13.8. The second-order valence-electron chi connectivity index (χ2n) is 3.83. The smallest absolute Gasteiger partial charge is 0.146 e. The summed E-state index contributed by atoms with van der Waals surface area (Å²) in [5.74, 6) is -2.63. The van der Waals surface area contributed by atoms with Gasteiger partial charge in [0.05, 0.1) is 10.0 Å². The standard InChI is InChI=1S/C13H7Br2F3O/c14-6-1-3-9(16)7(5-6)13(19)11-10(17)4-2-8(15)12(11)18/h1-5,13,19H. The molecule has 19 heavy (non-hydrogen) atoms. The highest BCUT2D eigenvalue weighted by molar-refractivity contribution is 9.10. The van der Waals surface area contributed by atoms with Crippen LogP contribution in [-0.4, -0.2) is 5.11 Å². The molecule has 0 radical (unpaired) electrons. The Morgan fingerprint density at radius 3 is 2.26 bits per heavy atom. The van der Waals surface area contributed by atoms with Gasteiger partial charge in [0.1, 0.15) is 23.6 Å². The largest absolute Gasteiger partial charge is 0.383 e. The van der Waals surface area contributed by atoms with Gasteiger partial charge in [-0.3, -0.25) is 0 Å². The van der Waals surface area contributed by atoms with Crippen molar-refractivity contribution in [2.75, 3.05) is 0 Å². The van der Waals surface area contributed by atoms with Crippen LogP contribution in [0.3, 0.4) is 0 Å². The summed E-state index contributed by atoms with van der Waals surface area (Å²) in [5, 5.41) is 10.0. The number of halogens is 5. The van der Waals surface area contributed by atoms with Crippen LogP contribution in [-0.2, 0) is 0 Å². The summed E-state index contributed by atoms with van der Waals surface area (Å²) < 4.78 is 41.6. The van der Waals surface area contributed by atoms with Crippen LogP contribution in [0.4, 0.5) is 13.2 Å². The minimum absolute atomic E-state index is 0.00152. The topological polar surface area (TPSA) is 20.2 Å². The molecule has 0 heterocycles. The molecule has 2 rings (SSSR count). The summed E-state index contributed by atoms with van der Waals surface area (Å²) in [6.45, 7) is 0. The number of hydrogen-bond donors (Lipinski definition) is 1. The quantitative estimate of drug-likeness (QED) is 0.730. The van der Waals surface area contributed by atoms with Crippen molar-refractivity contribution in [2.45, 2.75) is 6.10 Å². The summed E-state index contributed by atoms with van der Waals surface area (Å²) in [6, 6.07) is 6.00. The molecule has 6 heteroatoms. The molecule has 0 saturated heterocycles. The van der Waals surface area contributed by atoms with E-state index in [1.165, 1.54) is 18.2 Å². The molecule has 0 fully saturated rings. The molecule has 2 aromatic rings. The Balaban J connectivity index is 2.59. The number of aliphatic hydroxyl groups excluding tert-OH is 1. The average Bonchev–Trinajstić information content (AvgIpc) is 2.37. The third-order valence-corrected chi connectivity index (χ3v) is 3.71. The fraction of sp³-hybridized carbons (Fsp3) is 0.0769. The number of hydrogen-bond acceptors (Lipinski definition) is 1. The maximum Gasteiger partial charge on any atom is 0.146 e. The lowest BCUT2D eigenvalue weighted by atomic mass is 10.00. The van der Waals surface area contributed by atoms with Crippen molar-refractivity contribution >= 4 is 31.9 Å². The molecular weight excluding hydrogens is 389 g/mol. The number of benzene rings is 2. The van der Waals surface area contributed by atoms with Gasteiger partial charge in [0.15, 0.2) is 0 Å². The summed E-state index contributed by atoms with van der Waals surface area (Å²) >= 11 is 6.01. The van der Waals surface area contributed by atoms with Crippen LogP contribution in [0, 0.1) is 17.5 Å². The Morgan fingerprint density at radius 1 is 0.947 bits per heavy atom. The van der Waals surface area contributed by atoms with Gasteiger partial charge in [-0.05, 0) is 46.3 Å². The van der Waals surface area contributed by atoms with Crippen LogP contribution in [0.25, 0.3) is 0 Å². The van der Waals surface area contributed by atoms with Crippen LogP contribution >= 0.6 is 31.9 Å². The van der Waals surface area contributed by atoms with Crippen LogP contribution in [0.2, 0.25) is 0 Å². The molecule has 0 aliphatic rings. The van der Waals surface area contributed by atoms with Gasteiger partial charge in [0, 0.05) is 10.0 Å². The first-order chi connectivity index (χ1) is 8.91. The maximum absolute atomic E-state index is 13.8. The highest BCUT2D eigenvalue weighted by Gasteiger charge is 2.24. The summed E-state index contributed by atoms with van der Waals surface area (Å²) in [7, 11) is 0. The fourth-order valence-electron chi connectivity index (χ4n) is 1.67. The molecule has 2 aromatic carbocycles. The molecule has 0 saturated carbocycles. The Bertz CT molecular complexity index is 632. The Morgan fingerprint density at radius 2 is 1.58 bits per heavy atom. The van der Waals surface area contributed by atoms with Gasteiger partial charge >= 0.3 is 0 Å². The van der Waals surface area contributed by atoms with E-state index < -0.39 is 29.1 Å². The molecule has 100 valence electrons. The zero-order valence-electron chi connectivity index (χ0n) is 9.30. The second-order valence-corrected chi connectivity index (χ2v) is 5.60. The molecule has 1 nitrogen and oxygen atoms in total. The van der Waals surface area contributed by atoms with Gasteiger partial charge in [-0.2, -0.15) is 0 Å². The normalized spacial score (nSPS) is 12.5. The first-order valence-electron chi connectivity index (χ1n) is 5.18. The van der Waals surface area contributed by atoms with Crippen LogP contribution in [0.5, 0.6) is 0 Å². The molecule has 0 spiro atoms. The average molecular weight is 396 g/mol. The first-order valence-corrected chi connectivity index (χ1v) is 6.77. The molecule has 1 N–H and O–H groups in total. The summed E-state index contributed by atoms with van der Waals surface area (Å²) in [6.07, 6.45) is -1.73. The number of aliphatic hydroxyl groups is 1. The van der Waals surface area contributed by atoms with E-state index in [9.17, 15) is 18.3 Å². The van der Waals surface area contributed by atoms with E-state index in [0.29, 0.717) is 4.47 Å². The lowest BCUT2D eigenvalue weighted by Gasteiger charge is -2.15. The molecule has 0 aliphatic carbocycles. The van der Waals surface area contributed by atoms with Crippen LogP contribution in [0.15, 0.2) is 39.3 Å². The van der Waals surface area contributed by atoms with Crippen molar-refractivity contribution < 1.29 is 18.3 Å². The van der Waals surface area contributed by atoms with Crippen molar-refractivity contribution in [3.63, 3.8) is 0 Å². The van der Waals surface area contributed by atoms with Gasteiger partial charge in [-0.15, -0.1) is 0 Å². The van der Waals surface area contributed by atoms with Gasteiger partial charge in [0.2, 0.25) is 0 Å². The van der Waals surface area contributed by atoms with Crippen LogP contribution in [0.1, 0.15) is 17.2 Å². The zero-order valence-corrected chi connectivity index (χ0v) is 12.5. The molecule has 1 unspecified atom stereocenters. The van der Waals surface area contributed by atoms with Crippen molar-refractivity contribution in [1.82, 2.24) is 0 Å². The minimum Gasteiger partial charge on any atom is -0.383 e. The monoisotopic (exact) mass is 394 g/mol. The minimum atomic E-state index is -1.73. The SMILES string of the molecule is OC(c1cc(Br)ccc1F)c1c(F)ccc(Br)c1F. The van der Waals surface area contributed by atoms with E-state index in [1.807, 2.05) is 0 Å². The predicted octanol–water partition coefficient (Wildman–Crippen LogP) is 4.71. The van der Waals surface area contributed by atoms with E-state index in [-0.39, 0.29) is 10.0 Å². The summed E-state index contributed by atoms with van der Waals surface area (Å²) in [4.78, 5) is 0. The van der Waals surface area contributed by atoms with Crippen molar-refractivity contribution in [3.8, 4) is 0 Å². The molecular formula is C13H7Br2F3O. The highest BCUT2D eigenvalue weighted by atomic mass is 79.9. The van der Waals surface area contributed by atoms with Crippen molar-refractivity contribution in [2.24, 2.45) is 0 Å². The zero-order chi connectivity index (χ0) is 14.2. The third kappa shape index (κ3) is 2.85. The van der Waals surface area contributed by atoms with Gasteiger partial charge < -0.3 is 5.11 Å². The lowest BCUT2D eigenvalue weighted by molar-refractivity contribution is 0.203. The van der Waals surface area contributed by atoms with Crippen molar-refractivity contribution in [3.05, 3.63) is 67.9 Å². The van der Waals surface area contributed by atoms with E-state index in [2.05, 4.69) is 31.9 Å². The van der Waals surface area contributed by atoms with E-state index >= 15 is 0 Å². The Labute approximate surface area is 124 Å². The Kier molecular flexibility index (Phi) is 4.32. The van der Waals surface area contributed by atoms with E-state index in [0.717, 1.165) is 12.1 Å². The first kappa shape index (κ1) is 14.6. The predicted molar refractivity (Wildman–Crippen MR) is 72.2 cm³/mol. The molecule has 0 aliphatic heterocycles. The molecule has 0 amide bonds. The molecule has 0 bridgehead atoms. The molecule has 1 atom stereocenters. The van der Waals surface area contributed by atoms with E-state index in [1.54, 1.807) is 0 Å². The van der Waals surface area contributed by atoms with Crippen LogP contribution < -0.4 is 0 Å². The molecule has 0 aromatic heterocycles. The second kappa shape index (κ2) is 5.64. The van der Waals surface area contributed by atoms with Crippen molar-refractivity contribution in [1.29, 1.82) is 0 Å². The van der Waals surface area contributed by atoms with Gasteiger partial charge in [0.25, 0.3) is 0 Å². The van der Waals surface area contributed by atoms with Gasteiger partial charge in [-0.25, -0.2) is 13.2 Å². The number of rotatable bonds is 2. The summed E-state index contributed by atoms with van der Waals surface area (Å²) in [5.41, 5.74) is -0.795. The lowest BCUT2D eigenvalue weighted by Crippen LogP contribution is -2.08. The highest BCUT2D eigenvalue weighted by Crippen LogP contribution is 2.32. The van der Waals surface area contributed by atoms with Gasteiger partial charge in [-0.1, -0.05) is 15.9 Å². The Hall–Kier alpha value is -0.850.